The molecule has 1 atom stereocenters. The van der Waals surface area contributed by atoms with Crippen molar-refractivity contribution in [1.82, 2.24) is 14.1 Å². The summed E-state index contributed by atoms with van der Waals surface area (Å²) in [5.74, 6) is -0.256. The van der Waals surface area contributed by atoms with Crippen molar-refractivity contribution in [2.45, 2.75) is 31.1 Å². The van der Waals surface area contributed by atoms with Crippen molar-refractivity contribution in [3.8, 4) is 0 Å². The molecule has 0 radical (unpaired) electrons. The lowest BCUT2D eigenvalue weighted by molar-refractivity contribution is -0.142. The number of rotatable bonds is 4. The van der Waals surface area contributed by atoms with Gasteiger partial charge in [-0.3, -0.25) is 9.59 Å². The Hall–Kier alpha value is -1.64. The fraction of sp³-hybridized carbons (Fsp3) is 0.579. The van der Waals surface area contributed by atoms with Crippen LogP contribution in [-0.2, 0) is 19.6 Å². The van der Waals surface area contributed by atoms with Crippen molar-refractivity contribution in [2.24, 2.45) is 5.92 Å². The summed E-state index contributed by atoms with van der Waals surface area (Å²) in [7, 11) is -3.65. The number of nitrogens with zero attached hydrogens (tertiary/aromatic N) is 3. The number of amides is 2. The van der Waals surface area contributed by atoms with Crippen LogP contribution in [0.1, 0.15) is 26.2 Å². The summed E-state index contributed by atoms with van der Waals surface area (Å²) in [5.41, 5.74) is 0. The highest BCUT2D eigenvalue weighted by Crippen LogP contribution is 2.26. The van der Waals surface area contributed by atoms with Crippen LogP contribution in [0.15, 0.2) is 29.2 Å². The maximum absolute atomic E-state index is 12.9. The van der Waals surface area contributed by atoms with E-state index in [4.69, 9.17) is 11.6 Å². The molecule has 2 heterocycles. The van der Waals surface area contributed by atoms with Crippen molar-refractivity contribution in [2.75, 3.05) is 39.3 Å². The Labute approximate surface area is 171 Å². The summed E-state index contributed by atoms with van der Waals surface area (Å²) in [4.78, 5) is 28.5. The number of hydrogen-bond acceptors (Lipinski definition) is 4. The number of carbonyl (C=O) groups is 2. The van der Waals surface area contributed by atoms with E-state index in [1.165, 1.54) is 16.4 Å². The van der Waals surface area contributed by atoms with Crippen molar-refractivity contribution in [1.29, 1.82) is 0 Å². The Balaban J connectivity index is 1.64. The lowest BCUT2D eigenvalue weighted by atomic mass is 9.97. The van der Waals surface area contributed by atoms with E-state index in [1.54, 1.807) is 21.9 Å². The van der Waals surface area contributed by atoms with Crippen molar-refractivity contribution in [3.63, 3.8) is 0 Å². The van der Waals surface area contributed by atoms with Gasteiger partial charge in [-0.15, -0.1) is 0 Å². The third kappa shape index (κ3) is 4.50. The van der Waals surface area contributed by atoms with Crippen LogP contribution in [0.25, 0.3) is 0 Å². The molecule has 0 saturated carbocycles. The second-order valence-electron chi connectivity index (χ2n) is 7.22. The second-order valence-corrected chi connectivity index (χ2v) is 9.59. The van der Waals surface area contributed by atoms with Crippen LogP contribution in [0.5, 0.6) is 0 Å². The van der Waals surface area contributed by atoms with Crippen LogP contribution in [0.4, 0.5) is 0 Å². The molecule has 3 rings (SSSR count). The number of halogens is 1. The van der Waals surface area contributed by atoms with Gasteiger partial charge in [0.15, 0.2) is 0 Å². The molecule has 2 aliphatic heterocycles. The smallest absolute Gasteiger partial charge is 0.243 e. The first-order valence-corrected chi connectivity index (χ1v) is 11.5. The molecule has 2 fully saturated rings. The summed E-state index contributed by atoms with van der Waals surface area (Å²) in [5, 5.41) is 0.478. The van der Waals surface area contributed by atoms with Gasteiger partial charge in [-0.25, -0.2) is 8.42 Å². The molecule has 1 aromatic carbocycles. The zero-order valence-electron chi connectivity index (χ0n) is 16.0. The number of carbonyl (C=O) groups excluding carboxylic acids is 2. The Morgan fingerprint density at radius 1 is 1.04 bits per heavy atom. The van der Waals surface area contributed by atoms with Crippen LogP contribution in [-0.4, -0.2) is 73.6 Å². The molecule has 0 bridgehead atoms. The van der Waals surface area contributed by atoms with Gasteiger partial charge >= 0.3 is 0 Å². The molecule has 1 unspecified atom stereocenters. The van der Waals surface area contributed by atoms with Gasteiger partial charge in [0.05, 0.1) is 10.8 Å². The van der Waals surface area contributed by atoms with E-state index >= 15 is 0 Å². The first-order valence-electron chi connectivity index (χ1n) is 9.65. The van der Waals surface area contributed by atoms with Gasteiger partial charge in [-0.2, -0.15) is 4.31 Å². The minimum atomic E-state index is -3.65. The first-order chi connectivity index (χ1) is 13.3. The lowest BCUT2D eigenvalue weighted by Crippen LogP contribution is -2.54. The molecule has 0 N–H and O–H groups in total. The fourth-order valence-electron chi connectivity index (χ4n) is 3.78. The van der Waals surface area contributed by atoms with Crippen molar-refractivity contribution >= 4 is 33.4 Å². The molecule has 2 aliphatic rings. The number of hydrogen-bond donors (Lipinski definition) is 0. The van der Waals surface area contributed by atoms with E-state index in [0.717, 1.165) is 0 Å². The van der Waals surface area contributed by atoms with Crippen molar-refractivity contribution < 1.29 is 18.0 Å². The molecule has 2 saturated heterocycles. The Bertz CT molecular complexity index is 820. The number of piperidine rings is 1. The molecule has 0 spiro atoms. The lowest BCUT2D eigenvalue weighted by Gasteiger charge is -2.38. The summed E-state index contributed by atoms with van der Waals surface area (Å²) >= 11 is 5.85. The quantitative estimate of drug-likeness (QED) is 0.734. The third-order valence-electron chi connectivity index (χ3n) is 5.43. The van der Waals surface area contributed by atoms with Crippen molar-refractivity contribution in [3.05, 3.63) is 29.3 Å². The zero-order chi connectivity index (χ0) is 20.3. The Morgan fingerprint density at radius 2 is 1.64 bits per heavy atom. The van der Waals surface area contributed by atoms with Gasteiger partial charge in [0.2, 0.25) is 21.8 Å². The third-order valence-corrected chi connectivity index (χ3v) is 7.56. The molecule has 0 aromatic heterocycles. The SMILES string of the molecule is CCC(=O)N1CCN(C(=O)C2CCCN(S(=O)(=O)c3ccc(Cl)cc3)C2)CC1. The monoisotopic (exact) mass is 427 g/mol. The molecule has 28 heavy (non-hydrogen) atoms. The number of sulfonamides is 1. The number of piperazine rings is 1. The molecule has 154 valence electrons. The summed E-state index contributed by atoms with van der Waals surface area (Å²) in [6.07, 6.45) is 1.80. The standard InChI is InChI=1S/C19H26ClN3O4S/c1-2-18(24)21-10-12-22(13-11-21)19(25)15-4-3-9-23(14-15)28(26,27)17-7-5-16(20)6-8-17/h5-8,15H,2-4,9-14H2,1H3. The second kappa shape index (κ2) is 8.80. The van der Waals surface area contributed by atoms with Crippen LogP contribution in [0, 0.1) is 5.92 Å². The van der Waals surface area contributed by atoms with Gasteiger partial charge in [-0.1, -0.05) is 18.5 Å². The molecule has 2 amide bonds. The van der Waals surface area contributed by atoms with Gasteiger partial charge in [-0.05, 0) is 37.1 Å². The Kier molecular flexibility index (Phi) is 6.62. The van der Waals surface area contributed by atoms with E-state index in [-0.39, 0.29) is 29.2 Å². The highest BCUT2D eigenvalue weighted by Gasteiger charge is 2.36. The van der Waals surface area contributed by atoms with Crippen LogP contribution in [0.2, 0.25) is 5.02 Å². The molecule has 1 aromatic rings. The van der Waals surface area contributed by atoms with Gasteiger partial charge in [0, 0.05) is 50.7 Å². The van der Waals surface area contributed by atoms with Crippen LogP contribution < -0.4 is 0 Å². The number of benzene rings is 1. The van der Waals surface area contributed by atoms with Crippen LogP contribution >= 0.6 is 11.6 Å². The normalized spacial score (nSPS) is 21.6. The molecular weight excluding hydrogens is 402 g/mol. The van der Waals surface area contributed by atoms with Gasteiger partial charge < -0.3 is 9.80 Å². The maximum Gasteiger partial charge on any atom is 0.243 e. The average molecular weight is 428 g/mol. The highest BCUT2D eigenvalue weighted by molar-refractivity contribution is 7.89. The predicted molar refractivity (Wildman–Crippen MR) is 106 cm³/mol. The first kappa shape index (κ1) is 21.1. The zero-order valence-corrected chi connectivity index (χ0v) is 17.6. The summed E-state index contributed by atoms with van der Waals surface area (Å²) in [6, 6.07) is 6.09. The Morgan fingerprint density at radius 3 is 2.25 bits per heavy atom. The largest absolute Gasteiger partial charge is 0.339 e. The molecular formula is C19H26ClN3O4S. The fourth-order valence-corrected chi connectivity index (χ4v) is 5.43. The predicted octanol–water partition coefficient (Wildman–Crippen LogP) is 1.82. The van der Waals surface area contributed by atoms with E-state index in [2.05, 4.69) is 0 Å². The van der Waals surface area contributed by atoms with E-state index in [9.17, 15) is 18.0 Å². The summed E-state index contributed by atoms with van der Waals surface area (Å²) in [6.45, 7) is 4.52. The average Bonchev–Trinajstić information content (AvgIpc) is 2.73. The minimum absolute atomic E-state index is 0.0143. The van der Waals surface area contributed by atoms with Gasteiger partial charge in [0.25, 0.3) is 0 Å². The van der Waals surface area contributed by atoms with Crippen LogP contribution in [0.3, 0.4) is 0 Å². The molecule has 9 heteroatoms. The van der Waals surface area contributed by atoms with E-state index in [1.807, 2.05) is 6.92 Å². The van der Waals surface area contributed by atoms with E-state index < -0.39 is 10.0 Å². The summed E-state index contributed by atoms with van der Waals surface area (Å²) < 4.78 is 27.2. The molecule has 7 nitrogen and oxygen atoms in total. The topological polar surface area (TPSA) is 78.0 Å². The highest BCUT2D eigenvalue weighted by atomic mass is 35.5. The molecule has 0 aliphatic carbocycles. The minimum Gasteiger partial charge on any atom is -0.339 e. The van der Waals surface area contributed by atoms with E-state index in [0.29, 0.717) is 57.0 Å². The maximum atomic E-state index is 12.9. The van der Waals surface area contributed by atoms with Gasteiger partial charge in [0.1, 0.15) is 0 Å².